The lowest BCUT2D eigenvalue weighted by atomic mass is 9.93. The van der Waals surface area contributed by atoms with Crippen molar-refractivity contribution in [2.75, 3.05) is 13.1 Å². The molecule has 1 N–H and O–H groups in total. The predicted molar refractivity (Wildman–Crippen MR) is 98.4 cm³/mol. The summed E-state index contributed by atoms with van der Waals surface area (Å²) in [5.74, 6) is 0.771. The minimum atomic E-state index is 0.576. The van der Waals surface area contributed by atoms with Gasteiger partial charge in [0, 0.05) is 41.2 Å². The van der Waals surface area contributed by atoms with Gasteiger partial charge in [-0.25, -0.2) is 9.97 Å². The summed E-state index contributed by atoms with van der Waals surface area (Å²) in [5, 5.41) is 8.23. The van der Waals surface area contributed by atoms with E-state index in [1.54, 1.807) is 11.3 Å². The van der Waals surface area contributed by atoms with E-state index in [0.29, 0.717) is 5.41 Å². The van der Waals surface area contributed by atoms with Crippen molar-refractivity contribution in [1.29, 1.82) is 0 Å². The second-order valence-corrected chi connectivity index (χ2v) is 9.73. The molecule has 2 saturated carbocycles. The molecule has 1 spiro atoms. The molecular weight excluding hydrogens is 336 g/mol. The van der Waals surface area contributed by atoms with Gasteiger partial charge in [-0.2, -0.15) is 0 Å². The highest BCUT2D eigenvalue weighted by Gasteiger charge is 2.56. The van der Waals surface area contributed by atoms with Crippen molar-refractivity contribution in [1.82, 2.24) is 20.2 Å². The van der Waals surface area contributed by atoms with Gasteiger partial charge in [-0.05, 0) is 50.6 Å². The van der Waals surface area contributed by atoms with E-state index in [-0.39, 0.29) is 0 Å². The smallest absolute Gasteiger partial charge is 0.107 e. The molecular formula is C18H24N4S2. The van der Waals surface area contributed by atoms with E-state index in [0.717, 1.165) is 25.0 Å². The summed E-state index contributed by atoms with van der Waals surface area (Å²) in [6.45, 7) is 4.42. The molecule has 0 radical (unpaired) electrons. The van der Waals surface area contributed by atoms with Crippen LogP contribution in [0.3, 0.4) is 0 Å². The van der Waals surface area contributed by atoms with Crippen LogP contribution in [-0.2, 0) is 13.1 Å². The van der Waals surface area contributed by atoms with E-state index in [4.69, 9.17) is 0 Å². The van der Waals surface area contributed by atoms with Gasteiger partial charge in [-0.3, -0.25) is 4.90 Å². The number of nitrogens with zero attached hydrogens (tertiary/aromatic N) is 3. The van der Waals surface area contributed by atoms with E-state index in [2.05, 4.69) is 31.8 Å². The van der Waals surface area contributed by atoms with Crippen molar-refractivity contribution in [3.8, 4) is 0 Å². The van der Waals surface area contributed by atoms with Gasteiger partial charge in [0.25, 0.3) is 0 Å². The Morgan fingerprint density at radius 2 is 2.08 bits per heavy atom. The average molecular weight is 361 g/mol. The molecule has 4 nitrogen and oxygen atoms in total. The molecule has 2 aromatic rings. The van der Waals surface area contributed by atoms with Gasteiger partial charge in [0.2, 0.25) is 0 Å². The number of hydrogen-bond donors (Lipinski definition) is 1. The third kappa shape index (κ3) is 3.05. The Morgan fingerprint density at radius 1 is 1.21 bits per heavy atom. The molecule has 1 atom stereocenters. The number of aromatic nitrogens is 2. The maximum Gasteiger partial charge on any atom is 0.107 e. The van der Waals surface area contributed by atoms with Gasteiger partial charge in [0.1, 0.15) is 5.01 Å². The van der Waals surface area contributed by atoms with E-state index in [9.17, 15) is 0 Å². The van der Waals surface area contributed by atoms with Gasteiger partial charge in [-0.1, -0.05) is 0 Å². The first-order valence-electron chi connectivity index (χ1n) is 9.10. The molecule has 2 aliphatic carbocycles. The van der Waals surface area contributed by atoms with E-state index in [1.165, 1.54) is 60.1 Å². The maximum atomic E-state index is 4.68. The van der Waals surface area contributed by atoms with Gasteiger partial charge < -0.3 is 5.32 Å². The summed E-state index contributed by atoms with van der Waals surface area (Å²) in [6.07, 6.45) is 10.8. The van der Waals surface area contributed by atoms with Crippen molar-refractivity contribution in [2.45, 2.75) is 57.2 Å². The lowest BCUT2D eigenvalue weighted by Gasteiger charge is -2.28. The normalized spacial score (nSPS) is 25.5. The van der Waals surface area contributed by atoms with Gasteiger partial charge in [0.05, 0.1) is 11.6 Å². The fourth-order valence-electron chi connectivity index (χ4n) is 4.20. The zero-order valence-electron chi connectivity index (χ0n) is 13.9. The van der Waals surface area contributed by atoms with Crippen LogP contribution < -0.4 is 5.32 Å². The molecule has 3 fully saturated rings. The molecule has 3 heterocycles. The first kappa shape index (κ1) is 15.4. The molecule has 0 amide bonds. The summed E-state index contributed by atoms with van der Waals surface area (Å²) in [7, 11) is 0. The molecule has 1 aliphatic heterocycles. The van der Waals surface area contributed by atoms with Crippen LogP contribution in [0.5, 0.6) is 0 Å². The second-order valence-electron chi connectivity index (χ2n) is 7.60. The average Bonchev–Trinajstić information content (AvgIpc) is 3.44. The third-order valence-electron chi connectivity index (χ3n) is 5.87. The fourth-order valence-corrected chi connectivity index (χ4v) is 5.95. The number of hydrogen-bond acceptors (Lipinski definition) is 6. The molecule has 0 bridgehead atoms. The summed E-state index contributed by atoms with van der Waals surface area (Å²) in [4.78, 5) is 13.3. The van der Waals surface area contributed by atoms with Crippen LogP contribution in [0.15, 0.2) is 17.8 Å². The lowest BCUT2D eigenvalue weighted by molar-refractivity contribution is 0.189. The van der Waals surface area contributed by atoms with Crippen molar-refractivity contribution in [3.63, 3.8) is 0 Å². The zero-order chi connectivity index (χ0) is 16.0. The minimum absolute atomic E-state index is 0.576. The molecule has 128 valence electrons. The highest BCUT2D eigenvalue weighted by atomic mass is 32.1. The summed E-state index contributed by atoms with van der Waals surface area (Å²) in [5.41, 5.74) is 0.576. The quantitative estimate of drug-likeness (QED) is 0.854. The van der Waals surface area contributed by atoms with E-state index >= 15 is 0 Å². The van der Waals surface area contributed by atoms with Crippen LogP contribution in [0.1, 0.15) is 52.9 Å². The molecule has 1 saturated heterocycles. The molecule has 5 rings (SSSR count). The Balaban J connectivity index is 1.33. The second kappa shape index (κ2) is 6.16. The topological polar surface area (TPSA) is 41.1 Å². The van der Waals surface area contributed by atoms with Gasteiger partial charge in [0.15, 0.2) is 0 Å². The fraction of sp³-hybridized carbons (Fsp3) is 0.667. The molecule has 24 heavy (non-hydrogen) atoms. The SMILES string of the molecule is c1csc(CN(Cc2cnc(C3CC3)s2)[C@H]2CC23CCNCC3)n1. The first-order valence-corrected chi connectivity index (χ1v) is 10.8. The maximum absolute atomic E-state index is 4.68. The summed E-state index contributed by atoms with van der Waals surface area (Å²) in [6, 6.07) is 0.731. The Hall–Kier alpha value is -0.820. The number of nitrogens with one attached hydrogen (secondary N) is 1. The number of piperidine rings is 1. The molecule has 3 aliphatic rings. The summed E-state index contributed by atoms with van der Waals surface area (Å²) >= 11 is 3.73. The van der Waals surface area contributed by atoms with E-state index in [1.807, 2.05) is 17.5 Å². The Bertz CT molecular complexity index is 686. The van der Waals surface area contributed by atoms with E-state index < -0.39 is 0 Å². The Kier molecular flexibility index (Phi) is 3.96. The summed E-state index contributed by atoms with van der Waals surface area (Å²) < 4.78 is 0. The van der Waals surface area contributed by atoms with Crippen molar-refractivity contribution >= 4 is 22.7 Å². The van der Waals surface area contributed by atoms with Crippen LogP contribution in [-0.4, -0.2) is 34.0 Å². The highest BCUT2D eigenvalue weighted by Crippen LogP contribution is 2.56. The Morgan fingerprint density at radius 3 is 2.83 bits per heavy atom. The van der Waals surface area contributed by atoms with Crippen molar-refractivity contribution in [2.24, 2.45) is 5.41 Å². The number of rotatable bonds is 6. The van der Waals surface area contributed by atoms with Crippen LogP contribution in [0, 0.1) is 5.41 Å². The predicted octanol–water partition coefficient (Wildman–Crippen LogP) is 3.62. The van der Waals surface area contributed by atoms with Crippen molar-refractivity contribution in [3.05, 3.63) is 32.7 Å². The minimum Gasteiger partial charge on any atom is -0.317 e. The lowest BCUT2D eigenvalue weighted by Crippen LogP contribution is -2.35. The van der Waals surface area contributed by atoms with Crippen LogP contribution in [0.4, 0.5) is 0 Å². The largest absolute Gasteiger partial charge is 0.317 e. The van der Waals surface area contributed by atoms with Crippen LogP contribution in [0.2, 0.25) is 0 Å². The monoisotopic (exact) mass is 360 g/mol. The Labute approximate surface area is 151 Å². The molecule has 0 aromatic carbocycles. The van der Waals surface area contributed by atoms with Crippen molar-refractivity contribution < 1.29 is 0 Å². The third-order valence-corrected chi connectivity index (χ3v) is 7.77. The molecule has 0 unspecified atom stereocenters. The van der Waals surface area contributed by atoms with Crippen LogP contribution in [0.25, 0.3) is 0 Å². The van der Waals surface area contributed by atoms with Crippen LogP contribution >= 0.6 is 22.7 Å². The standard InChI is InChI=1S/C18H24N4S2/c1-2-13(1)17-21-10-14(24-17)11-22(12-16-20-7-8-23-16)15-9-18(15)3-5-19-6-4-18/h7-8,10,13,15,19H,1-6,9,11-12H2/t15-/m0/s1. The zero-order valence-corrected chi connectivity index (χ0v) is 15.5. The molecule has 2 aromatic heterocycles. The first-order chi connectivity index (χ1) is 11.8. The molecule has 6 heteroatoms. The van der Waals surface area contributed by atoms with Gasteiger partial charge in [-0.15, -0.1) is 22.7 Å². The highest BCUT2D eigenvalue weighted by molar-refractivity contribution is 7.11. The number of thiazole rings is 2. The van der Waals surface area contributed by atoms with Gasteiger partial charge >= 0.3 is 0 Å².